The zero-order valence-corrected chi connectivity index (χ0v) is 9.15. The van der Waals surface area contributed by atoms with Crippen molar-refractivity contribution in [3.63, 3.8) is 0 Å². The zero-order chi connectivity index (χ0) is 9.31. The molecule has 0 aromatic carbocycles. The minimum atomic E-state index is -0.0635. The highest BCUT2D eigenvalue weighted by atomic mass is 32.2. The third kappa shape index (κ3) is 2.39. The maximum absolute atomic E-state index is 9.52. The van der Waals surface area contributed by atoms with Crippen LogP contribution in [0.2, 0.25) is 0 Å². The monoisotopic (exact) mass is 201 g/mol. The Kier molecular flexibility index (Phi) is 2.86. The van der Waals surface area contributed by atoms with Gasteiger partial charge in [0, 0.05) is 17.8 Å². The van der Waals surface area contributed by atoms with E-state index in [-0.39, 0.29) is 6.10 Å². The summed E-state index contributed by atoms with van der Waals surface area (Å²) in [4.78, 5) is 2.44. The lowest BCUT2D eigenvalue weighted by Crippen LogP contribution is -2.42. The second kappa shape index (κ2) is 3.79. The van der Waals surface area contributed by atoms with Gasteiger partial charge in [-0.3, -0.25) is 4.90 Å². The third-order valence-corrected chi connectivity index (χ3v) is 4.64. The van der Waals surface area contributed by atoms with E-state index in [0.717, 1.165) is 13.0 Å². The average Bonchev–Trinajstić information content (AvgIpc) is 2.86. The maximum Gasteiger partial charge on any atom is 0.0667 e. The Morgan fingerprint density at radius 3 is 2.85 bits per heavy atom. The van der Waals surface area contributed by atoms with Gasteiger partial charge in [0.05, 0.1) is 6.10 Å². The SMILES string of the molecule is CSC1(CN2CCC[C@H](O)C2)CC1. The Hall–Kier alpha value is 0.270. The molecule has 1 aliphatic heterocycles. The first-order valence-electron chi connectivity index (χ1n) is 5.20. The summed E-state index contributed by atoms with van der Waals surface area (Å²) < 4.78 is 0.567. The summed E-state index contributed by atoms with van der Waals surface area (Å²) in [6.07, 6.45) is 7.08. The summed E-state index contributed by atoms with van der Waals surface area (Å²) in [5.41, 5.74) is 0. The van der Waals surface area contributed by atoms with E-state index in [1.807, 2.05) is 11.8 Å². The van der Waals surface area contributed by atoms with Crippen LogP contribution in [-0.4, -0.2) is 46.7 Å². The van der Waals surface area contributed by atoms with Crippen molar-refractivity contribution in [1.82, 2.24) is 4.90 Å². The first-order valence-corrected chi connectivity index (χ1v) is 6.42. The molecule has 0 amide bonds. The minimum absolute atomic E-state index is 0.0635. The molecule has 1 N–H and O–H groups in total. The number of rotatable bonds is 3. The van der Waals surface area contributed by atoms with Crippen molar-refractivity contribution in [3.05, 3.63) is 0 Å². The molecule has 0 aromatic rings. The van der Waals surface area contributed by atoms with Gasteiger partial charge in [0.2, 0.25) is 0 Å². The molecule has 1 heterocycles. The molecular weight excluding hydrogens is 182 g/mol. The van der Waals surface area contributed by atoms with Crippen LogP contribution in [0.25, 0.3) is 0 Å². The highest BCUT2D eigenvalue weighted by Crippen LogP contribution is 2.47. The van der Waals surface area contributed by atoms with E-state index in [4.69, 9.17) is 0 Å². The fourth-order valence-electron chi connectivity index (χ4n) is 2.15. The van der Waals surface area contributed by atoms with E-state index in [2.05, 4.69) is 11.2 Å². The Labute approximate surface area is 84.7 Å². The Bertz CT molecular complexity index is 182. The molecule has 2 nitrogen and oxygen atoms in total. The van der Waals surface area contributed by atoms with E-state index in [0.29, 0.717) is 4.75 Å². The summed E-state index contributed by atoms with van der Waals surface area (Å²) in [6.45, 7) is 3.30. The van der Waals surface area contributed by atoms with Gasteiger partial charge in [0.25, 0.3) is 0 Å². The van der Waals surface area contributed by atoms with Crippen LogP contribution in [0, 0.1) is 0 Å². The molecule has 2 fully saturated rings. The molecule has 1 saturated carbocycles. The quantitative estimate of drug-likeness (QED) is 0.745. The molecule has 0 bridgehead atoms. The van der Waals surface area contributed by atoms with E-state index >= 15 is 0 Å². The Morgan fingerprint density at radius 2 is 2.31 bits per heavy atom. The van der Waals surface area contributed by atoms with Crippen molar-refractivity contribution in [2.75, 3.05) is 25.9 Å². The molecule has 0 spiro atoms. The molecule has 1 atom stereocenters. The summed E-state index contributed by atoms with van der Waals surface area (Å²) in [7, 11) is 0. The fourth-order valence-corrected chi connectivity index (χ4v) is 2.97. The van der Waals surface area contributed by atoms with Gasteiger partial charge in [-0.1, -0.05) is 0 Å². The maximum atomic E-state index is 9.52. The van der Waals surface area contributed by atoms with Crippen LogP contribution >= 0.6 is 11.8 Å². The Balaban J connectivity index is 1.80. The summed E-state index contributed by atoms with van der Waals surface area (Å²) in [6, 6.07) is 0. The standard InChI is InChI=1S/C10H19NOS/c1-13-10(4-5-10)8-11-6-2-3-9(12)7-11/h9,12H,2-8H2,1H3/t9-/m0/s1. The second-order valence-electron chi connectivity index (χ2n) is 4.42. The molecule has 3 heteroatoms. The normalized spacial score (nSPS) is 33.2. The van der Waals surface area contributed by atoms with Crippen molar-refractivity contribution in [1.29, 1.82) is 0 Å². The van der Waals surface area contributed by atoms with Gasteiger partial charge in [0.1, 0.15) is 0 Å². The number of hydrogen-bond donors (Lipinski definition) is 1. The molecule has 2 aliphatic rings. The molecule has 13 heavy (non-hydrogen) atoms. The van der Waals surface area contributed by atoms with Crippen molar-refractivity contribution in [3.8, 4) is 0 Å². The van der Waals surface area contributed by atoms with Gasteiger partial charge in [-0.25, -0.2) is 0 Å². The highest BCUT2D eigenvalue weighted by molar-refractivity contribution is 8.00. The summed E-state index contributed by atoms with van der Waals surface area (Å²) in [5, 5.41) is 9.52. The topological polar surface area (TPSA) is 23.5 Å². The van der Waals surface area contributed by atoms with E-state index < -0.39 is 0 Å². The molecule has 1 saturated heterocycles. The van der Waals surface area contributed by atoms with Crippen LogP contribution < -0.4 is 0 Å². The molecule has 0 unspecified atom stereocenters. The van der Waals surface area contributed by atoms with E-state index in [1.165, 1.54) is 32.4 Å². The number of piperidine rings is 1. The van der Waals surface area contributed by atoms with Crippen LogP contribution in [0.15, 0.2) is 0 Å². The Morgan fingerprint density at radius 1 is 1.54 bits per heavy atom. The van der Waals surface area contributed by atoms with Gasteiger partial charge in [-0.2, -0.15) is 11.8 Å². The number of aliphatic hydroxyl groups is 1. The molecule has 0 aromatic heterocycles. The first-order chi connectivity index (χ1) is 6.24. The van der Waals surface area contributed by atoms with Crippen molar-refractivity contribution in [2.24, 2.45) is 0 Å². The van der Waals surface area contributed by atoms with Crippen LogP contribution in [-0.2, 0) is 0 Å². The van der Waals surface area contributed by atoms with Gasteiger partial charge < -0.3 is 5.11 Å². The lowest BCUT2D eigenvalue weighted by molar-refractivity contribution is 0.0701. The van der Waals surface area contributed by atoms with Crippen molar-refractivity contribution < 1.29 is 5.11 Å². The average molecular weight is 201 g/mol. The van der Waals surface area contributed by atoms with Gasteiger partial charge in [0.15, 0.2) is 0 Å². The largest absolute Gasteiger partial charge is 0.392 e. The number of likely N-dealkylation sites (tertiary alicyclic amines) is 1. The van der Waals surface area contributed by atoms with Crippen molar-refractivity contribution in [2.45, 2.75) is 36.5 Å². The number of β-amino-alcohol motifs (C(OH)–C–C–N with tert-alkyl or cyclic N) is 1. The molecule has 0 radical (unpaired) electrons. The lowest BCUT2D eigenvalue weighted by atomic mass is 10.1. The lowest BCUT2D eigenvalue weighted by Gasteiger charge is -2.32. The zero-order valence-electron chi connectivity index (χ0n) is 8.33. The van der Waals surface area contributed by atoms with E-state index in [1.54, 1.807) is 0 Å². The van der Waals surface area contributed by atoms with Gasteiger partial charge in [-0.05, 0) is 38.5 Å². The first kappa shape index (κ1) is 9.81. The highest BCUT2D eigenvalue weighted by Gasteiger charge is 2.43. The minimum Gasteiger partial charge on any atom is -0.392 e. The number of aliphatic hydroxyl groups excluding tert-OH is 1. The van der Waals surface area contributed by atoms with Crippen LogP contribution in [0.5, 0.6) is 0 Å². The smallest absolute Gasteiger partial charge is 0.0667 e. The van der Waals surface area contributed by atoms with Crippen molar-refractivity contribution >= 4 is 11.8 Å². The van der Waals surface area contributed by atoms with Crippen LogP contribution in [0.4, 0.5) is 0 Å². The number of hydrogen-bond acceptors (Lipinski definition) is 3. The molecule has 76 valence electrons. The molecule has 1 aliphatic carbocycles. The predicted octanol–water partition coefficient (Wildman–Crippen LogP) is 1.34. The third-order valence-electron chi connectivity index (χ3n) is 3.23. The van der Waals surface area contributed by atoms with Gasteiger partial charge >= 0.3 is 0 Å². The van der Waals surface area contributed by atoms with Gasteiger partial charge in [-0.15, -0.1) is 0 Å². The summed E-state index contributed by atoms with van der Waals surface area (Å²) in [5.74, 6) is 0. The summed E-state index contributed by atoms with van der Waals surface area (Å²) >= 11 is 2.01. The predicted molar refractivity (Wildman–Crippen MR) is 57.2 cm³/mol. The fraction of sp³-hybridized carbons (Fsp3) is 1.00. The van der Waals surface area contributed by atoms with Crippen LogP contribution in [0.3, 0.4) is 0 Å². The van der Waals surface area contributed by atoms with Crippen LogP contribution in [0.1, 0.15) is 25.7 Å². The molecular formula is C10H19NOS. The molecule has 2 rings (SSSR count). The van der Waals surface area contributed by atoms with E-state index in [9.17, 15) is 5.11 Å². The second-order valence-corrected chi connectivity index (χ2v) is 5.69. The number of nitrogens with zero attached hydrogens (tertiary/aromatic N) is 1. The number of thioether (sulfide) groups is 1.